The van der Waals surface area contributed by atoms with Crippen molar-refractivity contribution in [2.24, 2.45) is 11.1 Å². The summed E-state index contributed by atoms with van der Waals surface area (Å²) in [6.45, 7) is 2.58. The average molecular weight is 310 g/mol. The Labute approximate surface area is 126 Å². The highest BCUT2D eigenvalue weighted by atomic mass is 32.2. The Morgan fingerprint density at radius 2 is 2.00 bits per heavy atom. The summed E-state index contributed by atoms with van der Waals surface area (Å²) in [7, 11) is -3.79. The Kier molecular flexibility index (Phi) is 5.00. The number of hydrogen-bond donors (Lipinski definition) is 2. The van der Waals surface area contributed by atoms with Gasteiger partial charge in [0.05, 0.1) is 4.90 Å². The van der Waals surface area contributed by atoms with Crippen LogP contribution in [0.5, 0.6) is 0 Å². The maximum atomic E-state index is 12.3. The monoisotopic (exact) mass is 310 g/mol. The second-order valence-electron chi connectivity index (χ2n) is 5.58. The molecule has 0 bridgehead atoms. The third-order valence-corrected chi connectivity index (χ3v) is 4.97. The number of hydrogen-bond acceptors (Lipinski definition) is 3. The van der Waals surface area contributed by atoms with Gasteiger partial charge in [0.1, 0.15) is 0 Å². The maximum Gasteiger partial charge on any atom is 0.251 e. The van der Waals surface area contributed by atoms with Crippen LogP contribution in [-0.4, -0.2) is 20.9 Å². The summed E-state index contributed by atoms with van der Waals surface area (Å²) in [6.07, 6.45) is 5.41. The predicted molar refractivity (Wildman–Crippen MR) is 81.5 cm³/mol. The lowest BCUT2D eigenvalue weighted by Gasteiger charge is -2.13. The van der Waals surface area contributed by atoms with Crippen LogP contribution in [0.15, 0.2) is 23.1 Å². The summed E-state index contributed by atoms with van der Waals surface area (Å²) in [4.78, 5) is 12.3. The van der Waals surface area contributed by atoms with Gasteiger partial charge in [-0.25, -0.2) is 13.6 Å². The van der Waals surface area contributed by atoms with Crippen molar-refractivity contribution in [2.45, 2.75) is 43.9 Å². The minimum Gasteiger partial charge on any atom is -0.352 e. The first kappa shape index (κ1) is 16.0. The molecule has 1 saturated carbocycles. The molecule has 0 unspecified atom stereocenters. The van der Waals surface area contributed by atoms with E-state index in [1.54, 1.807) is 6.07 Å². The van der Waals surface area contributed by atoms with Crippen LogP contribution >= 0.6 is 0 Å². The minimum atomic E-state index is -3.79. The van der Waals surface area contributed by atoms with Crippen molar-refractivity contribution < 1.29 is 13.2 Å². The van der Waals surface area contributed by atoms with Gasteiger partial charge in [-0.3, -0.25) is 4.79 Å². The highest BCUT2D eigenvalue weighted by Gasteiger charge is 2.19. The van der Waals surface area contributed by atoms with Crippen LogP contribution in [0, 0.1) is 5.92 Å². The van der Waals surface area contributed by atoms with E-state index in [0.717, 1.165) is 18.4 Å². The minimum absolute atomic E-state index is 0.0225. The van der Waals surface area contributed by atoms with Crippen molar-refractivity contribution in [1.82, 2.24) is 5.32 Å². The van der Waals surface area contributed by atoms with E-state index in [9.17, 15) is 13.2 Å². The molecular weight excluding hydrogens is 288 g/mol. The van der Waals surface area contributed by atoms with Crippen molar-refractivity contribution in [2.75, 3.05) is 6.54 Å². The largest absolute Gasteiger partial charge is 0.352 e. The van der Waals surface area contributed by atoms with Gasteiger partial charge in [0.2, 0.25) is 10.0 Å². The first-order valence-corrected chi connectivity index (χ1v) is 8.90. The van der Waals surface area contributed by atoms with Crippen LogP contribution in [0.3, 0.4) is 0 Å². The number of primary sulfonamides is 1. The molecule has 1 aromatic carbocycles. The van der Waals surface area contributed by atoms with Gasteiger partial charge in [0, 0.05) is 12.1 Å². The van der Waals surface area contributed by atoms with Crippen molar-refractivity contribution in [1.29, 1.82) is 0 Å². The van der Waals surface area contributed by atoms with Crippen LogP contribution in [0.2, 0.25) is 0 Å². The van der Waals surface area contributed by atoms with Gasteiger partial charge in [-0.1, -0.05) is 25.8 Å². The summed E-state index contributed by atoms with van der Waals surface area (Å²) in [5.74, 6) is 0.324. The van der Waals surface area contributed by atoms with Gasteiger partial charge in [-0.05, 0) is 42.9 Å². The van der Waals surface area contributed by atoms with E-state index in [1.807, 2.05) is 6.92 Å². The third-order valence-electron chi connectivity index (χ3n) is 4.06. The molecule has 0 heterocycles. The van der Waals surface area contributed by atoms with Crippen molar-refractivity contribution >= 4 is 15.9 Å². The number of aryl methyl sites for hydroxylation is 1. The zero-order chi connectivity index (χ0) is 15.5. The third kappa shape index (κ3) is 4.04. The summed E-state index contributed by atoms with van der Waals surface area (Å²) in [5.41, 5.74) is 1.23. The highest BCUT2D eigenvalue weighted by molar-refractivity contribution is 7.89. The smallest absolute Gasteiger partial charge is 0.251 e. The van der Waals surface area contributed by atoms with Gasteiger partial charge in [0.15, 0.2) is 0 Å². The van der Waals surface area contributed by atoms with Gasteiger partial charge >= 0.3 is 0 Å². The average Bonchev–Trinajstić information content (AvgIpc) is 2.96. The second kappa shape index (κ2) is 6.58. The molecule has 2 rings (SSSR count). The number of amides is 1. The summed E-state index contributed by atoms with van der Waals surface area (Å²) >= 11 is 0. The second-order valence-corrected chi connectivity index (χ2v) is 7.14. The van der Waals surface area contributed by atoms with Crippen LogP contribution in [-0.2, 0) is 16.4 Å². The standard InChI is InChI=1S/C15H22N2O3S/c1-2-12-7-8-13(21(16,19)20)9-14(12)15(18)17-10-11-5-3-4-6-11/h7-9,11H,2-6,10H2,1H3,(H,17,18)(H2,16,19,20). The van der Waals surface area contributed by atoms with E-state index in [1.165, 1.54) is 25.0 Å². The molecule has 1 aliphatic carbocycles. The van der Waals surface area contributed by atoms with E-state index < -0.39 is 10.0 Å². The molecule has 0 aromatic heterocycles. The normalized spacial score (nSPS) is 16.1. The van der Waals surface area contributed by atoms with E-state index in [2.05, 4.69) is 5.32 Å². The number of rotatable bonds is 5. The molecule has 1 aliphatic rings. The van der Waals surface area contributed by atoms with E-state index in [4.69, 9.17) is 5.14 Å². The summed E-state index contributed by atoms with van der Waals surface area (Å²) in [6, 6.07) is 4.48. The Bertz CT molecular complexity index is 620. The first-order chi connectivity index (χ1) is 9.91. The maximum absolute atomic E-state index is 12.3. The lowest BCUT2D eigenvalue weighted by atomic mass is 10.0. The number of benzene rings is 1. The van der Waals surface area contributed by atoms with Crippen LogP contribution in [0.1, 0.15) is 48.5 Å². The van der Waals surface area contributed by atoms with Crippen LogP contribution in [0.4, 0.5) is 0 Å². The molecule has 1 aromatic rings. The van der Waals surface area contributed by atoms with Gasteiger partial charge in [-0.15, -0.1) is 0 Å². The van der Waals surface area contributed by atoms with E-state index in [0.29, 0.717) is 24.4 Å². The van der Waals surface area contributed by atoms with E-state index >= 15 is 0 Å². The number of nitrogens with one attached hydrogen (secondary N) is 1. The zero-order valence-electron chi connectivity index (χ0n) is 12.3. The number of nitrogens with two attached hydrogens (primary N) is 1. The van der Waals surface area contributed by atoms with Crippen molar-refractivity contribution in [3.8, 4) is 0 Å². The topological polar surface area (TPSA) is 89.3 Å². The Morgan fingerprint density at radius 1 is 1.33 bits per heavy atom. The fourth-order valence-corrected chi connectivity index (χ4v) is 3.34. The molecule has 3 N–H and O–H groups in total. The molecule has 0 radical (unpaired) electrons. The molecular formula is C15H22N2O3S. The quantitative estimate of drug-likeness (QED) is 0.869. The SMILES string of the molecule is CCc1ccc(S(N)(=O)=O)cc1C(=O)NCC1CCCC1. The lowest BCUT2D eigenvalue weighted by Crippen LogP contribution is -2.29. The number of carbonyl (C=O) groups excluding carboxylic acids is 1. The fourth-order valence-electron chi connectivity index (χ4n) is 2.80. The first-order valence-electron chi connectivity index (χ1n) is 7.35. The van der Waals surface area contributed by atoms with Crippen LogP contribution < -0.4 is 10.5 Å². The molecule has 5 nitrogen and oxygen atoms in total. The molecule has 0 saturated heterocycles. The Balaban J connectivity index is 2.17. The van der Waals surface area contributed by atoms with Gasteiger partial charge in [-0.2, -0.15) is 0 Å². The van der Waals surface area contributed by atoms with Crippen molar-refractivity contribution in [3.63, 3.8) is 0 Å². The lowest BCUT2D eigenvalue weighted by molar-refractivity contribution is 0.0946. The molecule has 0 aliphatic heterocycles. The highest BCUT2D eigenvalue weighted by Crippen LogP contribution is 2.24. The fraction of sp³-hybridized carbons (Fsp3) is 0.533. The molecule has 0 atom stereocenters. The van der Waals surface area contributed by atoms with Gasteiger partial charge in [0.25, 0.3) is 5.91 Å². The Morgan fingerprint density at radius 3 is 2.57 bits per heavy atom. The zero-order valence-corrected chi connectivity index (χ0v) is 13.1. The molecule has 1 fully saturated rings. The molecule has 6 heteroatoms. The molecule has 21 heavy (non-hydrogen) atoms. The van der Waals surface area contributed by atoms with Crippen LogP contribution in [0.25, 0.3) is 0 Å². The Hall–Kier alpha value is -1.40. The summed E-state index contributed by atoms with van der Waals surface area (Å²) < 4.78 is 22.8. The molecule has 0 spiro atoms. The van der Waals surface area contributed by atoms with Crippen molar-refractivity contribution in [3.05, 3.63) is 29.3 Å². The van der Waals surface area contributed by atoms with E-state index in [-0.39, 0.29) is 10.8 Å². The predicted octanol–water partition coefficient (Wildman–Crippen LogP) is 1.82. The van der Waals surface area contributed by atoms with Gasteiger partial charge < -0.3 is 5.32 Å². The number of sulfonamides is 1. The molecule has 1 amide bonds. The number of carbonyl (C=O) groups is 1. The summed E-state index contributed by atoms with van der Waals surface area (Å²) in [5, 5.41) is 8.05. The molecule has 116 valence electrons.